The molecular formula is C26H34N2O5S. The summed E-state index contributed by atoms with van der Waals surface area (Å²) in [6.45, 7) is 0.642. The van der Waals surface area contributed by atoms with Crippen LogP contribution in [0.4, 0.5) is 0 Å². The minimum absolute atomic E-state index is 0.0462. The number of nitrogens with zero attached hydrogens (tertiary/aromatic N) is 2. The fourth-order valence-corrected chi connectivity index (χ4v) is 6.59. The standard InChI is InChI=1S/C26H34N2O5S/c1-27(20-8-5-4-6-9-20)34(30,31)22-14-11-19(12-15-22)26(29)28-17-7-10-24(28)23-16-13-21(32-2)18-25(23)33-3/h11-16,18,20,24H,4-10,17H2,1-3H3. The molecule has 0 spiro atoms. The highest BCUT2D eigenvalue weighted by atomic mass is 32.2. The van der Waals surface area contributed by atoms with E-state index in [4.69, 9.17) is 9.47 Å². The number of carbonyl (C=O) groups is 1. The van der Waals surface area contributed by atoms with Gasteiger partial charge >= 0.3 is 0 Å². The molecule has 1 amide bonds. The van der Waals surface area contributed by atoms with E-state index in [9.17, 15) is 13.2 Å². The summed E-state index contributed by atoms with van der Waals surface area (Å²) in [6.07, 6.45) is 6.83. The molecule has 0 aromatic heterocycles. The Morgan fingerprint density at radius 2 is 1.65 bits per heavy atom. The third-order valence-corrected chi connectivity index (χ3v) is 9.10. The fraction of sp³-hybridized carbons (Fsp3) is 0.500. The van der Waals surface area contributed by atoms with Crippen molar-refractivity contribution >= 4 is 15.9 Å². The van der Waals surface area contributed by atoms with Crippen molar-refractivity contribution in [1.29, 1.82) is 0 Å². The minimum Gasteiger partial charge on any atom is -0.497 e. The number of benzene rings is 2. The van der Waals surface area contributed by atoms with Crippen LogP contribution in [0.5, 0.6) is 11.5 Å². The van der Waals surface area contributed by atoms with Crippen molar-refractivity contribution in [2.45, 2.75) is 61.9 Å². The molecule has 34 heavy (non-hydrogen) atoms. The first-order chi connectivity index (χ1) is 16.4. The number of likely N-dealkylation sites (tertiary alicyclic amines) is 1. The Labute approximate surface area is 202 Å². The van der Waals surface area contributed by atoms with E-state index in [1.807, 2.05) is 23.1 Å². The normalized spacial score (nSPS) is 19.4. The van der Waals surface area contributed by atoms with Gasteiger partial charge in [0.2, 0.25) is 10.0 Å². The zero-order valence-corrected chi connectivity index (χ0v) is 21.0. The molecule has 4 rings (SSSR count). The van der Waals surface area contributed by atoms with Crippen LogP contribution in [0, 0.1) is 0 Å². The van der Waals surface area contributed by atoms with Crippen LogP contribution in [0.25, 0.3) is 0 Å². The number of ether oxygens (including phenoxy) is 2. The SMILES string of the molecule is COc1ccc(C2CCCN2C(=O)c2ccc(S(=O)(=O)N(C)C3CCCCC3)cc2)c(OC)c1. The van der Waals surface area contributed by atoms with E-state index in [-0.39, 0.29) is 22.9 Å². The van der Waals surface area contributed by atoms with Crippen molar-refractivity contribution in [3.8, 4) is 11.5 Å². The monoisotopic (exact) mass is 486 g/mol. The maximum Gasteiger partial charge on any atom is 0.254 e. The Morgan fingerprint density at radius 1 is 0.941 bits per heavy atom. The summed E-state index contributed by atoms with van der Waals surface area (Å²) in [5.74, 6) is 1.28. The van der Waals surface area contributed by atoms with E-state index in [0.29, 0.717) is 23.6 Å². The van der Waals surface area contributed by atoms with Crippen LogP contribution in [0.3, 0.4) is 0 Å². The van der Waals surface area contributed by atoms with Crippen LogP contribution in [0.15, 0.2) is 47.4 Å². The van der Waals surface area contributed by atoms with Gasteiger partial charge in [0.05, 0.1) is 25.2 Å². The van der Waals surface area contributed by atoms with Crippen molar-refractivity contribution in [2.24, 2.45) is 0 Å². The van der Waals surface area contributed by atoms with Gasteiger partial charge in [-0.15, -0.1) is 0 Å². The third-order valence-electron chi connectivity index (χ3n) is 7.18. The molecule has 1 unspecified atom stereocenters. The van der Waals surface area contributed by atoms with E-state index in [2.05, 4.69) is 0 Å². The van der Waals surface area contributed by atoms with Crippen LogP contribution in [-0.4, -0.2) is 57.4 Å². The van der Waals surface area contributed by atoms with Gasteiger partial charge in [0.1, 0.15) is 11.5 Å². The molecule has 1 heterocycles. The molecule has 1 atom stereocenters. The molecule has 2 aromatic rings. The molecular weight excluding hydrogens is 452 g/mol. The average molecular weight is 487 g/mol. The number of rotatable bonds is 7. The number of hydrogen-bond acceptors (Lipinski definition) is 5. The van der Waals surface area contributed by atoms with E-state index in [0.717, 1.165) is 44.1 Å². The lowest BCUT2D eigenvalue weighted by Crippen LogP contribution is -2.38. The molecule has 8 heteroatoms. The summed E-state index contributed by atoms with van der Waals surface area (Å²) < 4.78 is 38.6. The minimum atomic E-state index is -3.59. The molecule has 1 saturated carbocycles. The molecule has 1 saturated heterocycles. The smallest absolute Gasteiger partial charge is 0.254 e. The fourth-order valence-electron chi connectivity index (χ4n) is 5.17. The predicted molar refractivity (Wildman–Crippen MR) is 131 cm³/mol. The van der Waals surface area contributed by atoms with Crippen LogP contribution >= 0.6 is 0 Å². The Morgan fingerprint density at radius 3 is 2.29 bits per heavy atom. The molecule has 2 aliphatic rings. The number of sulfonamides is 1. The lowest BCUT2D eigenvalue weighted by molar-refractivity contribution is 0.0734. The summed E-state index contributed by atoms with van der Waals surface area (Å²) in [7, 11) is 1.30. The summed E-state index contributed by atoms with van der Waals surface area (Å²) >= 11 is 0. The van der Waals surface area contributed by atoms with Crippen LogP contribution in [0.2, 0.25) is 0 Å². The molecule has 2 fully saturated rings. The van der Waals surface area contributed by atoms with Crippen molar-refractivity contribution in [2.75, 3.05) is 27.8 Å². The van der Waals surface area contributed by atoms with Crippen LogP contribution in [0.1, 0.15) is 66.9 Å². The molecule has 0 radical (unpaired) electrons. The number of carbonyl (C=O) groups excluding carboxylic acids is 1. The van der Waals surface area contributed by atoms with Crippen molar-refractivity contribution in [1.82, 2.24) is 9.21 Å². The highest BCUT2D eigenvalue weighted by molar-refractivity contribution is 7.89. The molecule has 184 valence electrons. The zero-order valence-electron chi connectivity index (χ0n) is 20.2. The van der Waals surface area contributed by atoms with Gasteiger partial charge in [0.25, 0.3) is 5.91 Å². The predicted octanol–water partition coefficient (Wildman–Crippen LogP) is 4.63. The summed E-state index contributed by atoms with van der Waals surface area (Å²) in [5, 5.41) is 0. The van der Waals surface area contributed by atoms with Gasteiger partial charge in [-0.1, -0.05) is 19.3 Å². The molecule has 7 nitrogen and oxygen atoms in total. The average Bonchev–Trinajstić information content (AvgIpc) is 3.37. The zero-order chi connectivity index (χ0) is 24.3. The number of hydrogen-bond donors (Lipinski definition) is 0. The summed E-state index contributed by atoms with van der Waals surface area (Å²) in [5.41, 5.74) is 1.43. The second kappa shape index (κ2) is 10.4. The van der Waals surface area contributed by atoms with Crippen LogP contribution in [-0.2, 0) is 10.0 Å². The lowest BCUT2D eigenvalue weighted by Gasteiger charge is -2.30. The summed E-state index contributed by atoms with van der Waals surface area (Å²) in [6, 6.07) is 12.0. The first-order valence-electron chi connectivity index (χ1n) is 12.0. The summed E-state index contributed by atoms with van der Waals surface area (Å²) in [4.78, 5) is 15.5. The topological polar surface area (TPSA) is 76.2 Å². The van der Waals surface area contributed by atoms with E-state index in [1.165, 1.54) is 10.7 Å². The number of methoxy groups -OCH3 is 2. The largest absolute Gasteiger partial charge is 0.497 e. The van der Waals surface area contributed by atoms with Crippen molar-refractivity contribution < 1.29 is 22.7 Å². The van der Waals surface area contributed by atoms with Gasteiger partial charge in [0, 0.05) is 36.8 Å². The second-order valence-electron chi connectivity index (χ2n) is 9.10. The van der Waals surface area contributed by atoms with Gasteiger partial charge in [-0.25, -0.2) is 8.42 Å². The highest BCUT2D eigenvalue weighted by Gasteiger charge is 2.33. The lowest BCUT2D eigenvalue weighted by atomic mass is 9.96. The molecule has 0 bridgehead atoms. The molecule has 1 aliphatic heterocycles. The molecule has 0 N–H and O–H groups in total. The van der Waals surface area contributed by atoms with Crippen molar-refractivity contribution in [3.05, 3.63) is 53.6 Å². The van der Waals surface area contributed by atoms with E-state index >= 15 is 0 Å². The Hall–Kier alpha value is -2.58. The molecule has 2 aromatic carbocycles. The van der Waals surface area contributed by atoms with Gasteiger partial charge < -0.3 is 14.4 Å². The van der Waals surface area contributed by atoms with Crippen molar-refractivity contribution in [3.63, 3.8) is 0 Å². The number of amides is 1. The van der Waals surface area contributed by atoms with E-state index < -0.39 is 10.0 Å². The van der Waals surface area contributed by atoms with Gasteiger partial charge in [-0.3, -0.25) is 4.79 Å². The van der Waals surface area contributed by atoms with Gasteiger partial charge in [-0.05, 0) is 62.1 Å². The third kappa shape index (κ3) is 4.79. The van der Waals surface area contributed by atoms with E-state index in [1.54, 1.807) is 45.5 Å². The Bertz CT molecular complexity index is 1110. The van der Waals surface area contributed by atoms with Crippen LogP contribution < -0.4 is 9.47 Å². The quantitative estimate of drug-likeness (QED) is 0.570. The molecule has 1 aliphatic carbocycles. The first kappa shape index (κ1) is 24.5. The highest BCUT2D eigenvalue weighted by Crippen LogP contribution is 2.39. The van der Waals surface area contributed by atoms with Gasteiger partial charge in [-0.2, -0.15) is 4.31 Å². The maximum atomic E-state index is 13.4. The first-order valence-corrected chi connectivity index (χ1v) is 13.4. The second-order valence-corrected chi connectivity index (χ2v) is 11.1. The Kier molecular flexibility index (Phi) is 7.48. The Balaban J connectivity index is 1.53. The van der Waals surface area contributed by atoms with Gasteiger partial charge in [0.15, 0.2) is 0 Å². The maximum absolute atomic E-state index is 13.4.